The van der Waals surface area contributed by atoms with Crippen LogP contribution in [-0.2, 0) is 10.0 Å². The number of anilines is 1. The van der Waals surface area contributed by atoms with Crippen molar-refractivity contribution >= 4 is 37.3 Å². The van der Waals surface area contributed by atoms with Crippen LogP contribution in [0.25, 0.3) is 0 Å². The lowest BCUT2D eigenvalue weighted by molar-refractivity contribution is -0.387. The number of sulfonamides is 1. The van der Waals surface area contributed by atoms with E-state index in [1.807, 2.05) is 0 Å². The molecule has 0 bridgehead atoms. The Kier molecular flexibility index (Phi) is 4.14. The molecule has 9 heteroatoms. The van der Waals surface area contributed by atoms with E-state index in [2.05, 4.69) is 20.7 Å². The molecule has 21 heavy (non-hydrogen) atoms. The van der Waals surface area contributed by atoms with Crippen LogP contribution < -0.4 is 4.72 Å². The highest BCUT2D eigenvalue weighted by Crippen LogP contribution is 2.29. The van der Waals surface area contributed by atoms with E-state index in [1.165, 1.54) is 30.3 Å². The lowest BCUT2D eigenvalue weighted by Gasteiger charge is -2.09. The average molecular weight is 373 g/mol. The lowest BCUT2D eigenvalue weighted by atomic mass is 10.3. The standard InChI is InChI=1S/C12H9BrN2O5S/c13-8-4-5-11(15(17)18)12(6-8)21(19,20)14-9-2-1-3-10(16)7-9/h1-7,14,16H. The van der Waals surface area contributed by atoms with Gasteiger partial charge in [0.15, 0.2) is 4.90 Å². The maximum Gasteiger partial charge on any atom is 0.289 e. The van der Waals surface area contributed by atoms with Gasteiger partial charge in [0.2, 0.25) is 0 Å². The molecular formula is C12H9BrN2O5S. The SMILES string of the molecule is O=[N+]([O-])c1ccc(Br)cc1S(=O)(=O)Nc1cccc(O)c1. The molecule has 0 aliphatic heterocycles. The van der Waals surface area contributed by atoms with E-state index in [0.29, 0.717) is 4.47 Å². The van der Waals surface area contributed by atoms with Gasteiger partial charge in [-0.2, -0.15) is 0 Å². The minimum atomic E-state index is -4.16. The predicted octanol–water partition coefficient (Wildman–Crippen LogP) is 2.86. The summed E-state index contributed by atoms with van der Waals surface area (Å²) in [5.41, 5.74) is -0.435. The molecule has 2 aromatic carbocycles. The van der Waals surface area contributed by atoms with E-state index in [4.69, 9.17) is 0 Å². The van der Waals surface area contributed by atoms with Crippen LogP contribution >= 0.6 is 15.9 Å². The van der Waals surface area contributed by atoms with Crippen molar-refractivity contribution in [3.8, 4) is 5.75 Å². The minimum absolute atomic E-state index is 0.101. The van der Waals surface area contributed by atoms with Crippen molar-refractivity contribution in [2.45, 2.75) is 4.90 Å². The van der Waals surface area contributed by atoms with Gasteiger partial charge in [0, 0.05) is 16.6 Å². The van der Waals surface area contributed by atoms with Crippen LogP contribution in [0.2, 0.25) is 0 Å². The molecule has 0 unspecified atom stereocenters. The number of nitrogens with one attached hydrogen (secondary N) is 1. The molecule has 2 aromatic rings. The first-order valence-corrected chi connectivity index (χ1v) is 7.83. The molecule has 7 nitrogen and oxygen atoms in total. The smallest absolute Gasteiger partial charge is 0.289 e. The summed E-state index contributed by atoms with van der Waals surface area (Å²) < 4.78 is 27.1. The van der Waals surface area contributed by atoms with Crippen molar-refractivity contribution < 1.29 is 18.4 Å². The van der Waals surface area contributed by atoms with Crippen molar-refractivity contribution in [1.82, 2.24) is 0 Å². The van der Waals surface area contributed by atoms with E-state index in [-0.39, 0.29) is 11.4 Å². The second-order valence-corrected chi connectivity index (χ2v) is 6.59. The molecular weight excluding hydrogens is 364 g/mol. The number of nitro benzene ring substituents is 1. The van der Waals surface area contributed by atoms with E-state index in [0.717, 1.165) is 12.1 Å². The highest BCUT2D eigenvalue weighted by atomic mass is 79.9. The summed E-state index contributed by atoms with van der Waals surface area (Å²) >= 11 is 3.08. The molecule has 0 atom stereocenters. The first-order chi connectivity index (χ1) is 9.79. The molecule has 0 heterocycles. The number of nitro groups is 1. The Morgan fingerprint density at radius 3 is 2.52 bits per heavy atom. The molecule has 0 aliphatic rings. The fraction of sp³-hybridized carbons (Fsp3) is 0. The van der Waals surface area contributed by atoms with E-state index >= 15 is 0 Å². The quantitative estimate of drug-likeness (QED) is 0.633. The van der Waals surface area contributed by atoms with Crippen LogP contribution in [0.4, 0.5) is 11.4 Å². The molecule has 2 rings (SSSR count). The molecule has 0 saturated heterocycles. The Morgan fingerprint density at radius 2 is 1.90 bits per heavy atom. The van der Waals surface area contributed by atoms with Gasteiger partial charge in [0.1, 0.15) is 5.75 Å². The van der Waals surface area contributed by atoms with Crippen LogP contribution in [0, 0.1) is 10.1 Å². The lowest BCUT2D eigenvalue weighted by Crippen LogP contribution is -2.14. The van der Waals surface area contributed by atoms with Crippen molar-refractivity contribution in [2.24, 2.45) is 0 Å². The van der Waals surface area contributed by atoms with Crippen molar-refractivity contribution in [3.63, 3.8) is 0 Å². The molecule has 0 saturated carbocycles. The Morgan fingerprint density at radius 1 is 1.19 bits per heavy atom. The first-order valence-electron chi connectivity index (χ1n) is 5.55. The minimum Gasteiger partial charge on any atom is -0.508 e. The summed E-state index contributed by atoms with van der Waals surface area (Å²) in [4.78, 5) is 9.70. The summed E-state index contributed by atoms with van der Waals surface area (Å²) in [7, 11) is -4.16. The third kappa shape index (κ3) is 3.50. The summed E-state index contributed by atoms with van der Waals surface area (Å²) in [5.74, 6) is -0.126. The fourth-order valence-electron chi connectivity index (χ4n) is 1.63. The number of rotatable bonds is 4. The van der Waals surface area contributed by atoms with Gasteiger partial charge in [0.05, 0.1) is 10.6 Å². The van der Waals surface area contributed by atoms with Crippen LogP contribution in [-0.4, -0.2) is 18.4 Å². The highest BCUT2D eigenvalue weighted by Gasteiger charge is 2.26. The summed E-state index contributed by atoms with van der Waals surface area (Å²) in [5, 5.41) is 20.3. The molecule has 0 aliphatic carbocycles. The largest absolute Gasteiger partial charge is 0.508 e. The van der Waals surface area contributed by atoms with E-state index < -0.39 is 25.5 Å². The van der Waals surface area contributed by atoms with Crippen molar-refractivity contribution in [1.29, 1.82) is 0 Å². The number of phenols is 1. The normalized spacial score (nSPS) is 11.1. The zero-order chi connectivity index (χ0) is 15.6. The van der Waals surface area contributed by atoms with Crippen molar-refractivity contribution in [2.75, 3.05) is 4.72 Å². The molecule has 110 valence electrons. The number of hydrogen-bond acceptors (Lipinski definition) is 5. The molecule has 0 fully saturated rings. The number of phenolic OH excluding ortho intramolecular Hbond substituents is 1. The Hall–Kier alpha value is -2.13. The molecule has 0 aromatic heterocycles. The van der Waals surface area contributed by atoms with Gasteiger partial charge >= 0.3 is 0 Å². The summed E-state index contributed by atoms with van der Waals surface area (Å²) in [6.07, 6.45) is 0. The number of halogens is 1. The van der Waals surface area contributed by atoms with Crippen LogP contribution in [0.1, 0.15) is 0 Å². The number of aromatic hydroxyl groups is 1. The maximum absolute atomic E-state index is 12.3. The molecule has 0 radical (unpaired) electrons. The van der Waals surface area contributed by atoms with Gasteiger partial charge in [-0.1, -0.05) is 22.0 Å². The topological polar surface area (TPSA) is 110 Å². The van der Waals surface area contributed by atoms with Crippen molar-refractivity contribution in [3.05, 3.63) is 57.1 Å². The van der Waals surface area contributed by atoms with Gasteiger partial charge in [-0.15, -0.1) is 0 Å². The second kappa shape index (κ2) is 5.70. The number of benzene rings is 2. The zero-order valence-corrected chi connectivity index (χ0v) is 12.8. The van der Waals surface area contributed by atoms with Gasteiger partial charge < -0.3 is 5.11 Å². The van der Waals surface area contributed by atoms with Gasteiger partial charge in [-0.3, -0.25) is 14.8 Å². The summed E-state index contributed by atoms with van der Waals surface area (Å²) in [6, 6.07) is 9.06. The van der Waals surface area contributed by atoms with E-state index in [1.54, 1.807) is 0 Å². The number of nitrogens with zero attached hydrogens (tertiary/aromatic N) is 1. The Labute approximate surface area is 128 Å². The van der Waals surface area contributed by atoms with Gasteiger partial charge in [0.25, 0.3) is 15.7 Å². The zero-order valence-electron chi connectivity index (χ0n) is 10.4. The Balaban J connectivity index is 2.49. The van der Waals surface area contributed by atoms with Gasteiger partial charge in [-0.25, -0.2) is 8.42 Å². The first kappa shape index (κ1) is 15.3. The highest BCUT2D eigenvalue weighted by molar-refractivity contribution is 9.10. The van der Waals surface area contributed by atoms with Crippen LogP contribution in [0.15, 0.2) is 51.8 Å². The third-order valence-corrected chi connectivity index (χ3v) is 4.41. The molecule has 0 spiro atoms. The average Bonchev–Trinajstić information content (AvgIpc) is 2.37. The fourth-order valence-corrected chi connectivity index (χ4v) is 3.39. The van der Waals surface area contributed by atoms with Gasteiger partial charge in [-0.05, 0) is 24.3 Å². The summed E-state index contributed by atoms with van der Waals surface area (Å²) in [6.45, 7) is 0. The monoisotopic (exact) mass is 372 g/mol. The number of hydrogen-bond donors (Lipinski definition) is 2. The van der Waals surface area contributed by atoms with Crippen LogP contribution in [0.3, 0.4) is 0 Å². The predicted molar refractivity (Wildman–Crippen MR) is 79.7 cm³/mol. The second-order valence-electron chi connectivity index (χ2n) is 4.02. The molecule has 2 N–H and O–H groups in total. The molecule has 0 amide bonds. The third-order valence-electron chi connectivity index (χ3n) is 2.51. The van der Waals surface area contributed by atoms with Crippen LogP contribution in [0.5, 0.6) is 5.75 Å². The Bertz CT molecular complexity index is 807. The maximum atomic E-state index is 12.3. The van der Waals surface area contributed by atoms with E-state index in [9.17, 15) is 23.6 Å².